The summed E-state index contributed by atoms with van der Waals surface area (Å²) in [5, 5.41) is 1.36. The molecule has 0 aromatic heterocycles. The van der Waals surface area contributed by atoms with Crippen molar-refractivity contribution >= 4 is 8.58 Å². The predicted molar refractivity (Wildman–Crippen MR) is 68.4 cm³/mol. The lowest BCUT2D eigenvalue weighted by molar-refractivity contribution is 0.378. The Kier molecular flexibility index (Phi) is 3.81. The third-order valence-electron chi connectivity index (χ3n) is 3.92. The van der Waals surface area contributed by atoms with Gasteiger partial charge in [-0.25, -0.2) is 0 Å². The van der Waals surface area contributed by atoms with Gasteiger partial charge in [-0.1, -0.05) is 47.7 Å². The van der Waals surface area contributed by atoms with Gasteiger partial charge >= 0.3 is 0 Å². The molecule has 0 saturated heterocycles. The van der Waals surface area contributed by atoms with Crippen molar-refractivity contribution in [3.05, 3.63) is 11.9 Å². The summed E-state index contributed by atoms with van der Waals surface area (Å²) < 4.78 is 0. The molecule has 0 aromatic carbocycles. The molecule has 2 atom stereocenters. The maximum atomic E-state index is 3.95. The van der Waals surface area contributed by atoms with Crippen molar-refractivity contribution in [1.29, 1.82) is 0 Å². The summed E-state index contributed by atoms with van der Waals surface area (Å²) in [6.45, 7) is 13.4. The van der Waals surface area contributed by atoms with Gasteiger partial charge in [0.2, 0.25) is 0 Å². The third kappa shape index (κ3) is 3.09. The molecular weight excluding hydrogens is 187 g/mol. The second-order valence-electron chi connectivity index (χ2n) is 5.79. The number of rotatable bonds is 6. The number of hydrogen-bond donors (Lipinski definition) is 0. The molecule has 0 aromatic rings. The summed E-state index contributed by atoms with van der Waals surface area (Å²) in [4.78, 5) is 0. The van der Waals surface area contributed by atoms with Gasteiger partial charge in [-0.3, -0.25) is 0 Å². The highest BCUT2D eigenvalue weighted by molar-refractivity contribution is 7.42. The van der Waals surface area contributed by atoms with Crippen molar-refractivity contribution in [2.24, 2.45) is 10.8 Å². The van der Waals surface area contributed by atoms with Crippen molar-refractivity contribution < 1.29 is 0 Å². The van der Waals surface area contributed by atoms with Crippen LogP contribution in [0.15, 0.2) is 11.9 Å². The zero-order valence-electron chi connectivity index (χ0n) is 10.2. The van der Waals surface area contributed by atoms with Gasteiger partial charge in [0.15, 0.2) is 0 Å². The van der Waals surface area contributed by atoms with E-state index >= 15 is 0 Å². The van der Waals surface area contributed by atoms with E-state index in [0.717, 1.165) is 8.58 Å². The maximum Gasteiger partial charge on any atom is -0.0269 e. The number of unbranched alkanes of at least 4 members (excludes halogenated alkanes) is 1. The topological polar surface area (TPSA) is 0 Å². The molecular formula is C13H25P. The van der Waals surface area contributed by atoms with Crippen molar-refractivity contribution in [2.45, 2.75) is 53.4 Å². The highest BCUT2D eigenvalue weighted by Gasteiger charge is 2.56. The third-order valence-corrected chi connectivity index (χ3v) is 5.13. The summed E-state index contributed by atoms with van der Waals surface area (Å²) in [6, 6.07) is 0. The lowest BCUT2D eigenvalue weighted by Crippen LogP contribution is -2.03. The van der Waals surface area contributed by atoms with Crippen LogP contribution in [0.4, 0.5) is 0 Å². The van der Waals surface area contributed by atoms with Crippen LogP contribution < -0.4 is 0 Å². The first-order valence-corrected chi connectivity index (χ1v) is 6.97. The Hall–Kier alpha value is 0.170. The molecule has 0 N–H and O–H groups in total. The molecule has 1 fully saturated rings. The van der Waals surface area contributed by atoms with Crippen molar-refractivity contribution in [3.63, 3.8) is 0 Å². The van der Waals surface area contributed by atoms with Gasteiger partial charge in [0, 0.05) is 0 Å². The number of hydrogen-bond acceptors (Lipinski definition) is 0. The summed E-state index contributed by atoms with van der Waals surface area (Å²) in [7, 11) is 0.994. The van der Waals surface area contributed by atoms with Crippen LogP contribution in [0.3, 0.4) is 0 Å². The average Bonchev–Trinajstić information content (AvgIpc) is 2.49. The Morgan fingerprint density at radius 1 is 1.29 bits per heavy atom. The maximum absolute atomic E-state index is 3.95. The molecule has 14 heavy (non-hydrogen) atoms. The lowest BCUT2D eigenvalue weighted by Gasteiger charge is -2.14. The highest BCUT2D eigenvalue weighted by Crippen LogP contribution is 2.65. The zero-order valence-corrected chi connectivity index (χ0v) is 11.2. The van der Waals surface area contributed by atoms with Crippen molar-refractivity contribution in [3.8, 4) is 0 Å². The van der Waals surface area contributed by atoms with E-state index in [1.807, 2.05) is 0 Å². The molecule has 1 aliphatic rings. The molecule has 2 unspecified atom stereocenters. The van der Waals surface area contributed by atoms with Crippen LogP contribution in [-0.2, 0) is 0 Å². The normalized spacial score (nSPS) is 29.7. The molecule has 1 aliphatic carbocycles. The molecule has 1 rings (SSSR count). The van der Waals surface area contributed by atoms with Gasteiger partial charge in [0.1, 0.15) is 0 Å². The van der Waals surface area contributed by atoms with Crippen LogP contribution in [0.25, 0.3) is 0 Å². The van der Waals surface area contributed by atoms with Gasteiger partial charge < -0.3 is 0 Å². The monoisotopic (exact) mass is 212 g/mol. The Morgan fingerprint density at radius 2 is 1.86 bits per heavy atom. The fraction of sp³-hybridized carbons (Fsp3) is 0.846. The molecule has 0 spiro atoms. The smallest absolute Gasteiger partial charge is 0.0269 e. The van der Waals surface area contributed by atoms with Gasteiger partial charge in [-0.15, -0.1) is 0 Å². The molecule has 0 amide bonds. The fourth-order valence-corrected chi connectivity index (χ4v) is 3.15. The molecule has 1 heteroatoms. The summed E-state index contributed by atoms with van der Waals surface area (Å²) >= 11 is 0. The van der Waals surface area contributed by atoms with Crippen LogP contribution in [0.2, 0.25) is 0 Å². The van der Waals surface area contributed by atoms with E-state index in [9.17, 15) is 0 Å². The van der Waals surface area contributed by atoms with Gasteiger partial charge in [0.25, 0.3) is 0 Å². The first kappa shape index (κ1) is 12.2. The summed E-state index contributed by atoms with van der Waals surface area (Å²) in [5.41, 5.74) is 1.29. The molecule has 0 bridgehead atoms. The standard InChI is InChI=1S/C13H25P/c1-11(2)14-9-7-6-8-13(5)10-12(13,3)4/h14H,1,6-10H2,2-5H3. The van der Waals surface area contributed by atoms with Crippen molar-refractivity contribution in [1.82, 2.24) is 0 Å². The molecule has 0 aliphatic heterocycles. The Labute approximate surface area is 91.3 Å². The van der Waals surface area contributed by atoms with Crippen LogP contribution in [-0.4, -0.2) is 6.16 Å². The van der Waals surface area contributed by atoms with Gasteiger partial charge in [-0.05, 0) is 43.2 Å². The fourth-order valence-electron chi connectivity index (χ4n) is 2.30. The van der Waals surface area contributed by atoms with Gasteiger partial charge in [-0.2, -0.15) is 0 Å². The minimum absolute atomic E-state index is 0.629. The predicted octanol–water partition coefficient (Wildman–Crippen LogP) is 4.81. The Bertz CT molecular complexity index is 217. The van der Waals surface area contributed by atoms with E-state index in [1.165, 1.54) is 37.2 Å². The van der Waals surface area contributed by atoms with Crippen LogP contribution in [0, 0.1) is 10.8 Å². The van der Waals surface area contributed by atoms with E-state index in [1.54, 1.807) is 0 Å². The minimum atomic E-state index is 0.629. The van der Waals surface area contributed by atoms with Crippen LogP contribution >= 0.6 is 8.58 Å². The lowest BCUT2D eigenvalue weighted by atomic mass is 9.92. The van der Waals surface area contributed by atoms with Crippen LogP contribution in [0.5, 0.6) is 0 Å². The van der Waals surface area contributed by atoms with E-state index < -0.39 is 0 Å². The highest BCUT2D eigenvalue weighted by atomic mass is 31.1. The molecule has 82 valence electrons. The summed E-state index contributed by atoms with van der Waals surface area (Å²) in [6.07, 6.45) is 7.05. The van der Waals surface area contributed by atoms with Crippen molar-refractivity contribution in [2.75, 3.05) is 6.16 Å². The Morgan fingerprint density at radius 3 is 2.29 bits per heavy atom. The number of allylic oxidation sites excluding steroid dienone is 1. The van der Waals surface area contributed by atoms with Gasteiger partial charge in [0.05, 0.1) is 0 Å². The van der Waals surface area contributed by atoms with E-state index in [-0.39, 0.29) is 0 Å². The zero-order chi connectivity index (χ0) is 10.8. The quantitative estimate of drug-likeness (QED) is 0.438. The average molecular weight is 212 g/mol. The van der Waals surface area contributed by atoms with Crippen LogP contribution in [0.1, 0.15) is 53.4 Å². The second kappa shape index (κ2) is 4.35. The Balaban J connectivity index is 2.03. The summed E-state index contributed by atoms with van der Waals surface area (Å²) in [5.74, 6) is 0. The first-order valence-electron chi connectivity index (χ1n) is 5.77. The SMILES string of the molecule is C=C(C)PCCCCC1(C)CC1(C)C. The van der Waals surface area contributed by atoms with E-state index in [2.05, 4.69) is 34.3 Å². The molecule has 0 heterocycles. The van der Waals surface area contributed by atoms with E-state index in [0.29, 0.717) is 10.8 Å². The first-order chi connectivity index (χ1) is 6.37. The molecule has 0 nitrogen and oxygen atoms in total. The van der Waals surface area contributed by atoms with E-state index in [4.69, 9.17) is 0 Å². The second-order valence-corrected chi connectivity index (χ2v) is 7.49. The molecule has 1 saturated carbocycles. The molecule has 0 radical (unpaired) electrons. The largest absolute Gasteiger partial charge is 0.0959 e. The minimum Gasteiger partial charge on any atom is -0.0959 e.